The summed E-state index contributed by atoms with van der Waals surface area (Å²) in [6.45, 7) is 6.30. The van der Waals surface area contributed by atoms with E-state index >= 15 is 0 Å². The van der Waals surface area contributed by atoms with Gasteiger partial charge in [-0.2, -0.15) is 0 Å². The molecule has 4 fully saturated rings. The van der Waals surface area contributed by atoms with Gasteiger partial charge in [-0.15, -0.1) is 0 Å². The number of hydrogen-bond acceptors (Lipinski definition) is 1. The van der Waals surface area contributed by atoms with Gasteiger partial charge in [-0.1, -0.05) is 20.3 Å². The predicted molar refractivity (Wildman–Crippen MR) is 63.7 cm³/mol. The van der Waals surface area contributed by atoms with Gasteiger partial charge in [0.2, 0.25) is 0 Å². The second-order valence-electron chi connectivity index (χ2n) is 6.66. The van der Waals surface area contributed by atoms with Crippen LogP contribution in [-0.4, -0.2) is 12.6 Å². The van der Waals surface area contributed by atoms with Gasteiger partial charge in [0, 0.05) is 6.04 Å². The van der Waals surface area contributed by atoms with E-state index < -0.39 is 0 Å². The molecule has 1 heterocycles. The maximum Gasteiger partial charge on any atom is 0.00981 e. The summed E-state index contributed by atoms with van der Waals surface area (Å²) in [5, 5.41) is 3.78. The monoisotopic (exact) mass is 207 g/mol. The second kappa shape index (κ2) is 3.48. The molecular weight excluding hydrogens is 182 g/mol. The minimum Gasteiger partial charge on any atom is -0.314 e. The fourth-order valence-electron chi connectivity index (χ4n) is 4.59. The molecule has 4 unspecified atom stereocenters. The summed E-state index contributed by atoms with van der Waals surface area (Å²) in [4.78, 5) is 0. The molecule has 1 aliphatic heterocycles. The second-order valence-corrected chi connectivity index (χ2v) is 6.66. The SMILES string of the molecule is CC1(C)C2CCC(C3CCCCN3)C1C2. The van der Waals surface area contributed by atoms with Crippen molar-refractivity contribution >= 4 is 0 Å². The molecule has 86 valence electrons. The minimum absolute atomic E-state index is 0.669. The lowest BCUT2D eigenvalue weighted by molar-refractivity contribution is -0.116. The van der Waals surface area contributed by atoms with Crippen LogP contribution < -0.4 is 5.32 Å². The molecule has 1 N–H and O–H groups in total. The van der Waals surface area contributed by atoms with E-state index in [9.17, 15) is 0 Å². The summed E-state index contributed by atoms with van der Waals surface area (Å²) < 4.78 is 0. The lowest BCUT2D eigenvalue weighted by Crippen LogP contribution is -2.57. The van der Waals surface area contributed by atoms with Crippen LogP contribution in [0.1, 0.15) is 52.4 Å². The normalized spacial score (nSPS) is 48.4. The average Bonchev–Trinajstić information content (AvgIpc) is 2.30. The molecule has 0 radical (unpaired) electrons. The summed E-state index contributed by atoms with van der Waals surface area (Å²) in [6, 6.07) is 0.865. The van der Waals surface area contributed by atoms with Crippen molar-refractivity contribution in [3.8, 4) is 0 Å². The van der Waals surface area contributed by atoms with Gasteiger partial charge >= 0.3 is 0 Å². The molecular formula is C14H25N. The molecule has 1 heteroatoms. The molecule has 4 atom stereocenters. The van der Waals surface area contributed by atoms with Crippen molar-refractivity contribution in [1.29, 1.82) is 0 Å². The first-order valence-electron chi connectivity index (χ1n) is 6.93. The van der Waals surface area contributed by atoms with Crippen molar-refractivity contribution in [1.82, 2.24) is 5.32 Å². The smallest absolute Gasteiger partial charge is 0.00981 e. The molecule has 2 bridgehead atoms. The lowest BCUT2D eigenvalue weighted by Gasteiger charge is -2.62. The van der Waals surface area contributed by atoms with Gasteiger partial charge < -0.3 is 5.32 Å². The summed E-state index contributed by atoms with van der Waals surface area (Å²) in [5.41, 5.74) is 0.669. The first-order valence-corrected chi connectivity index (χ1v) is 6.93. The fraction of sp³-hybridized carbons (Fsp3) is 1.00. The van der Waals surface area contributed by atoms with Gasteiger partial charge in [0.15, 0.2) is 0 Å². The molecule has 0 amide bonds. The molecule has 0 aromatic rings. The van der Waals surface area contributed by atoms with Crippen LogP contribution in [0.4, 0.5) is 0 Å². The van der Waals surface area contributed by atoms with E-state index in [1.165, 1.54) is 45.1 Å². The van der Waals surface area contributed by atoms with Gasteiger partial charge in [-0.05, 0) is 61.8 Å². The molecule has 4 rings (SSSR count). The van der Waals surface area contributed by atoms with Crippen LogP contribution >= 0.6 is 0 Å². The zero-order valence-corrected chi connectivity index (χ0v) is 10.3. The van der Waals surface area contributed by atoms with E-state index in [1.807, 2.05) is 0 Å². The first kappa shape index (κ1) is 10.1. The van der Waals surface area contributed by atoms with Gasteiger partial charge in [-0.25, -0.2) is 0 Å². The van der Waals surface area contributed by atoms with Gasteiger partial charge in [0.25, 0.3) is 0 Å². The van der Waals surface area contributed by atoms with E-state index in [0.717, 1.165) is 23.8 Å². The molecule has 4 aliphatic rings. The molecule has 0 aromatic heterocycles. The standard InChI is InChI=1S/C14H25N/c1-14(2)10-6-7-11(12(14)9-10)13-5-3-4-8-15-13/h10-13,15H,3-9H2,1-2H3. The third-order valence-corrected chi connectivity index (χ3v) is 5.78. The van der Waals surface area contributed by atoms with Crippen LogP contribution in [0.5, 0.6) is 0 Å². The third-order valence-electron chi connectivity index (χ3n) is 5.78. The highest BCUT2D eigenvalue weighted by molar-refractivity contribution is 5.05. The highest BCUT2D eigenvalue weighted by atomic mass is 14.9. The van der Waals surface area contributed by atoms with Crippen LogP contribution in [0.2, 0.25) is 0 Å². The first-order chi connectivity index (χ1) is 7.19. The van der Waals surface area contributed by atoms with E-state index in [4.69, 9.17) is 0 Å². The molecule has 3 aliphatic carbocycles. The van der Waals surface area contributed by atoms with E-state index in [-0.39, 0.29) is 0 Å². The van der Waals surface area contributed by atoms with Crippen LogP contribution in [-0.2, 0) is 0 Å². The van der Waals surface area contributed by atoms with Crippen molar-refractivity contribution in [2.75, 3.05) is 6.54 Å². The van der Waals surface area contributed by atoms with Crippen molar-refractivity contribution in [3.63, 3.8) is 0 Å². The molecule has 0 spiro atoms. The molecule has 1 nitrogen and oxygen atoms in total. The van der Waals surface area contributed by atoms with Crippen molar-refractivity contribution < 1.29 is 0 Å². The van der Waals surface area contributed by atoms with Crippen LogP contribution in [0.25, 0.3) is 0 Å². The summed E-state index contributed by atoms with van der Waals surface area (Å²) in [5.74, 6) is 3.10. The van der Waals surface area contributed by atoms with E-state index in [0.29, 0.717) is 5.41 Å². The zero-order chi connectivity index (χ0) is 10.5. The number of hydrogen-bond donors (Lipinski definition) is 1. The minimum atomic E-state index is 0.669. The Kier molecular flexibility index (Phi) is 2.35. The van der Waals surface area contributed by atoms with Gasteiger partial charge in [0.1, 0.15) is 0 Å². The predicted octanol–water partition coefficient (Wildman–Crippen LogP) is 3.20. The Morgan fingerprint density at radius 3 is 2.53 bits per heavy atom. The summed E-state index contributed by atoms with van der Waals surface area (Å²) in [7, 11) is 0. The van der Waals surface area contributed by atoms with E-state index in [2.05, 4.69) is 19.2 Å². The Morgan fingerprint density at radius 2 is 1.93 bits per heavy atom. The Bertz CT molecular complexity index is 238. The maximum atomic E-state index is 3.78. The van der Waals surface area contributed by atoms with Crippen LogP contribution in [0, 0.1) is 23.2 Å². The van der Waals surface area contributed by atoms with Crippen molar-refractivity contribution in [2.24, 2.45) is 23.2 Å². The van der Waals surface area contributed by atoms with Gasteiger partial charge in [-0.3, -0.25) is 0 Å². The quantitative estimate of drug-likeness (QED) is 0.696. The Balaban J connectivity index is 1.70. The van der Waals surface area contributed by atoms with E-state index in [1.54, 1.807) is 0 Å². The Morgan fingerprint density at radius 1 is 1.07 bits per heavy atom. The summed E-state index contributed by atoms with van der Waals surface area (Å²) >= 11 is 0. The lowest BCUT2D eigenvalue weighted by atomic mass is 9.44. The fourth-order valence-corrected chi connectivity index (χ4v) is 4.59. The molecule has 1 saturated heterocycles. The van der Waals surface area contributed by atoms with Crippen LogP contribution in [0.3, 0.4) is 0 Å². The number of rotatable bonds is 1. The topological polar surface area (TPSA) is 12.0 Å². The van der Waals surface area contributed by atoms with Crippen LogP contribution in [0.15, 0.2) is 0 Å². The average molecular weight is 207 g/mol. The van der Waals surface area contributed by atoms with Crippen molar-refractivity contribution in [2.45, 2.75) is 58.4 Å². The highest BCUT2D eigenvalue weighted by Gasteiger charge is 2.55. The highest BCUT2D eigenvalue weighted by Crippen LogP contribution is 2.62. The molecule has 0 aromatic carbocycles. The zero-order valence-electron chi connectivity index (χ0n) is 10.3. The Hall–Kier alpha value is -0.0400. The Labute approximate surface area is 94.0 Å². The number of nitrogens with one attached hydrogen (secondary N) is 1. The van der Waals surface area contributed by atoms with Crippen molar-refractivity contribution in [3.05, 3.63) is 0 Å². The maximum absolute atomic E-state index is 3.78. The van der Waals surface area contributed by atoms with Gasteiger partial charge in [0.05, 0.1) is 0 Å². The number of fused-ring (bicyclic) bond motifs is 2. The molecule has 15 heavy (non-hydrogen) atoms. The largest absolute Gasteiger partial charge is 0.314 e. The summed E-state index contributed by atoms with van der Waals surface area (Å²) in [6.07, 6.45) is 8.87. The third kappa shape index (κ3) is 1.46. The molecule has 3 saturated carbocycles. The number of piperidine rings is 1.